The van der Waals surface area contributed by atoms with E-state index in [0.29, 0.717) is 18.8 Å². The molecule has 2 rings (SSSR count). The highest BCUT2D eigenvalue weighted by Gasteiger charge is 2.69. The Labute approximate surface area is 84.6 Å². The monoisotopic (exact) mass is 219 g/mol. The van der Waals surface area contributed by atoms with Crippen molar-refractivity contribution in [3.8, 4) is 0 Å². The van der Waals surface area contributed by atoms with E-state index in [2.05, 4.69) is 0 Å². The van der Waals surface area contributed by atoms with Crippen molar-refractivity contribution in [2.75, 3.05) is 0 Å². The third-order valence-corrected chi connectivity index (χ3v) is 6.53. The molecule has 0 radical (unpaired) electrons. The van der Waals surface area contributed by atoms with Gasteiger partial charge in [0, 0.05) is 6.04 Å². The summed E-state index contributed by atoms with van der Waals surface area (Å²) < 4.78 is 31.3. The zero-order chi connectivity index (χ0) is 10.8. The van der Waals surface area contributed by atoms with Crippen LogP contribution in [-0.4, -0.2) is 23.8 Å². The molecule has 0 amide bonds. The molecule has 2 saturated carbocycles. The summed E-state index contributed by atoms with van der Waals surface area (Å²) in [4.78, 5) is 0. The van der Waals surface area contributed by atoms with Gasteiger partial charge in [0.1, 0.15) is 4.75 Å². The Morgan fingerprint density at radius 1 is 1.43 bits per heavy atom. The highest BCUT2D eigenvalue weighted by atomic mass is 32.2. The van der Waals surface area contributed by atoms with Crippen LogP contribution >= 0.6 is 0 Å². The van der Waals surface area contributed by atoms with E-state index in [1.807, 2.05) is 13.8 Å². The third kappa shape index (κ3) is 0.882. The molecule has 14 heavy (non-hydrogen) atoms. The van der Waals surface area contributed by atoms with Crippen LogP contribution in [-0.2, 0) is 10.1 Å². The maximum atomic E-state index is 11.5. The molecule has 3 unspecified atom stereocenters. The Hall–Kier alpha value is -0.130. The molecule has 2 bridgehead atoms. The number of hydrogen-bond donors (Lipinski definition) is 2. The van der Waals surface area contributed by atoms with Crippen LogP contribution < -0.4 is 5.73 Å². The van der Waals surface area contributed by atoms with Gasteiger partial charge in [0.25, 0.3) is 10.1 Å². The summed E-state index contributed by atoms with van der Waals surface area (Å²) in [6.45, 7) is 3.82. The van der Waals surface area contributed by atoms with Crippen LogP contribution in [0.15, 0.2) is 0 Å². The molecule has 5 heteroatoms. The standard InChI is InChI=1S/C9H17NO3S/c1-8(2)6-3-4-9(8,7(10)5-6)14(11,12)13/h6-7H,3-5,10H2,1-2H3,(H,11,12,13). The van der Waals surface area contributed by atoms with Crippen LogP contribution in [0.4, 0.5) is 0 Å². The first-order valence-corrected chi connectivity index (χ1v) is 6.40. The van der Waals surface area contributed by atoms with Gasteiger partial charge in [-0.05, 0) is 30.6 Å². The lowest BCUT2D eigenvalue weighted by Gasteiger charge is -2.37. The normalized spacial score (nSPS) is 45.7. The summed E-state index contributed by atoms with van der Waals surface area (Å²) >= 11 is 0. The molecule has 0 spiro atoms. The van der Waals surface area contributed by atoms with Crippen molar-refractivity contribution in [1.29, 1.82) is 0 Å². The quantitative estimate of drug-likeness (QED) is 0.639. The minimum atomic E-state index is -4.05. The van der Waals surface area contributed by atoms with Gasteiger partial charge in [0.15, 0.2) is 0 Å². The Balaban J connectivity index is 2.62. The van der Waals surface area contributed by atoms with Crippen LogP contribution in [0.2, 0.25) is 0 Å². The van der Waals surface area contributed by atoms with E-state index >= 15 is 0 Å². The second-order valence-electron chi connectivity index (χ2n) is 5.16. The Kier molecular flexibility index (Phi) is 1.86. The molecule has 82 valence electrons. The predicted octanol–water partition coefficient (Wildman–Crippen LogP) is 0.780. The topological polar surface area (TPSA) is 80.4 Å². The summed E-state index contributed by atoms with van der Waals surface area (Å²) in [7, 11) is -4.05. The maximum Gasteiger partial charge on any atom is 0.272 e. The van der Waals surface area contributed by atoms with Crippen molar-refractivity contribution in [3.05, 3.63) is 0 Å². The molecule has 0 aromatic heterocycles. The van der Waals surface area contributed by atoms with Gasteiger partial charge in [-0.15, -0.1) is 0 Å². The van der Waals surface area contributed by atoms with Crippen molar-refractivity contribution in [2.24, 2.45) is 17.1 Å². The molecule has 0 aliphatic heterocycles. The molecule has 2 fully saturated rings. The van der Waals surface area contributed by atoms with Gasteiger partial charge in [-0.25, -0.2) is 0 Å². The van der Waals surface area contributed by atoms with Crippen molar-refractivity contribution < 1.29 is 13.0 Å². The Morgan fingerprint density at radius 3 is 2.21 bits per heavy atom. The summed E-state index contributed by atoms with van der Waals surface area (Å²) in [5.41, 5.74) is 5.49. The van der Waals surface area contributed by atoms with Crippen molar-refractivity contribution in [3.63, 3.8) is 0 Å². The SMILES string of the molecule is CC1(C)C2CCC1(S(=O)(=O)O)C(N)C2. The highest BCUT2D eigenvalue weighted by molar-refractivity contribution is 7.87. The number of fused-ring (bicyclic) bond motifs is 2. The zero-order valence-corrected chi connectivity index (χ0v) is 9.34. The first-order chi connectivity index (χ1) is 6.23. The van der Waals surface area contributed by atoms with Gasteiger partial charge >= 0.3 is 0 Å². The van der Waals surface area contributed by atoms with E-state index in [0.717, 1.165) is 6.42 Å². The van der Waals surface area contributed by atoms with Gasteiger partial charge in [-0.3, -0.25) is 4.55 Å². The molecule has 2 aliphatic rings. The van der Waals surface area contributed by atoms with Crippen LogP contribution in [0.25, 0.3) is 0 Å². The molecule has 3 N–H and O–H groups in total. The minimum Gasteiger partial charge on any atom is -0.326 e. The van der Waals surface area contributed by atoms with Gasteiger partial charge in [0.2, 0.25) is 0 Å². The van der Waals surface area contributed by atoms with Crippen LogP contribution in [0.3, 0.4) is 0 Å². The van der Waals surface area contributed by atoms with Crippen molar-refractivity contribution >= 4 is 10.1 Å². The van der Waals surface area contributed by atoms with E-state index in [4.69, 9.17) is 5.73 Å². The van der Waals surface area contributed by atoms with Gasteiger partial charge in [-0.2, -0.15) is 8.42 Å². The predicted molar refractivity (Wildman–Crippen MR) is 53.4 cm³/mol. The molecule has 0 heterocycles. The van der Waals surface area contributed by atoms with Crippen LogP contribution in [0.5, 0.6) is 0 Å². The van der Waals surface area contributed by atoms with Crippen molar-refractivity contribution in [1.82, 2.24) is 0 Å². The largest absolute Gasteiger partial charge is 0.326 e. The second-order valence-corrected chi connectivity index (χ2v) is 6.84. The summed E-state index contributed by atoms with van der Waals surface area (Å²) in [5.74, 6) is 0.333. The number of nitrogens with two attached hydrogens (primary N) is 1. The fourth-order valence-electron chi connectivity index (χ4n) is 3.64. The molecular formula is C9H17NO3S. The third-order valence-electron chi connectivity index (χ3n) is 4.57. The number of rotatable bonds is 1. The van der Waals surface area contributed by atoms with Gasteiger partial charge in [-0.1, -0.05) is 13.8 Å². The van der Waals surface area contributed by atoms with Crippen LogP contribution in [0, 0.1) is 11.3 Å². The first kappa shape index (κ1) is 10.4. The van der Waals surface area contributed by atoms with E-state index in [1.165, 1.54) is 0 Å². The zero-order valence-electron chi connectivity index (χ0n) is 8.53. The smallest absolute Gasteiger partial charge is 0.272 e. The lowest BCUT2D eigenvalue weighted by Crippen LogP contribution is -2.55. The fourth-order valence-corrected chi connectivity index (χ4v) is 5.33. The average molecular weight is 219 g/mol. The lowest BCUT2D eigenvalue weighted by molar-refractivity contribution is 0.255. The minimum absolute atomic E-state index is 0.333. The first-order valence-electron chi connectivity index (χ1n) is 4.96. The van der Waals surface area contributed by atoms with Gasteiger partial charge in [0.05, 0.1) is 0 Å². The molecule has 4 nitrogen and oxygen atoms in total. The molecular weight excluding hydrogens is 202 g/mol. The fraction of sp³-hybridized carbons (Fsp3) is 1.00. The van der Waals surface area contributed by atoms with E-state index in [-0.39, 0.29) is 5.41 Å². The molecule has 2 aliphatic carbocycles. The van der Waals surface area contributed by atoms with E-state index in [9.17, 15) is 13.0 Å². The average Bonchev–Trinajstić information content (AvgIpc) is 2.34. The second kappa shape index (κ2) is 2.51. The van der Waals surface area contributed by atoms with Gasteiger partial charge < -0.3 is 5.73 Å². The van der Waals surface area contributed by atoms with E-state index in [1.54, 1.807) is 0 Å². The molecule has 0 aromatic carbocycles. The van der Waals surface area contributed by atoms with E-state index < -0.39 is 20.9 Å². The summed E-state index contributed by atoms with van der Waals surface area (Å²) in [6, 6.07) is -0.411. The van der Waals surface area contributed by atoms with Crippen molar-refractivity contribution in [2.45, 2.75) is 43.9 Å². The summed E-state index contributed by atoms with van der Waals surface area (Å²) in [5, 5.41) is 0. The number of hydrogen-bond acceptors (Lipinski definition) is 3. The lowest BCUT2D eigenvalue weighted by atomic mass is 9.81. The molecule has 3 atom stereocenters. The maximum absolute atomic E-state index is 11.5. The Bertz CT molecular complexity index is 362. The summed E-state index contributed by atoms with van der Waals surface area (Å²) in [6.07, 6.45) is 2.08. The highest BCUT2D eigenvalue weighted by Crippen LogP contribution is 2.62. The van der Waals surface area contributed by atoms with Crippen LogP contribution in [0.1, 0.15) is 33.1 Å². The molecule has 0 aromatic rings. The Morgan fingerprint density at radius 2 is 2.00 bits per heavy atom. The molecule has 0 saturated heterocycles.